The van der Waals surface area contributed by atoms with Crippen LogP contribution in [0.5, 0.6) is 0 Å². The second-order valence-corrected chi connectivity index (χ2v) is 2.83. The number of carbonyl (C=O) groups is 1. The normalized spacial score (nSPS) is 13.5. The first-order valence-corrected chi connectivity index (χ1v) is 5.28. The highest BCUT2D eigenvalue weighted by Gasteiger charge is 2.12. The molecule has 0 saturated carbocycles. The molecule has 0 fully saturated rings. The Balaban J connectivity index is 4.41. The van der Waals surface area contributed by atoms with Gasteiger partial charge < -0.3 is 14.2 Å². The lowest BCUT2D eigenvalue weighted by molar-refractivity contribution is -0.137. The van der Waals surface area contributed by atoms with Crippen molar-refractivity contribution >= 4 is 5.97 Å². The van der Waals surface area contributed by atoms with Gasteiger partial charge in [0.15, 0.2) is 0 Å². The highest BCUT2D eigenvalue weighted by molar-refractivity contribution is 5.82. The summed E-state index contributed by atoms with van der Waals surface area (Å²) in [5, 5.41) is 0. The van der Waals surface area contributed by atoms with Gasteiger partial charge in [0.25, 0.3) is 0 Å². The minimum Gasteiger partial charge on any atom is -0.495 e. The highest BCUT2D eigenvalue weighted by Crippen LogP contribution is 2.08. The van der Waals surface area contributed by atoms with Gasteiger partial charge in [0.05, 0.1) is 19.3 Å². The van der Waals surface area contributed by atoms with E-state index in [2.05, 4.69) is 0 Å². The topological polar surface area (TPSA) is 44.8 Å². The minimum atomic E-state index is -0.396. The largest absolute Gasteiger partial charge is 0.495 e. The van der Waals surface area contributed by atoms with Crippen molar-refractivity contribution in [2.24, 2.45) is 0 Å². The molecule has 15 heavy (non-hydrogen) atoms. The molecule has 0 amide bonds. The fraction of sp³-hybridized carbons (Fsp3) is 0.727. The van der Waals surface area contributed by atoms with Gasteiger partial charge in [-0.3, -0.25) is 0 Å². The van der Waals surface area contributed by atoms with Gasteiger partial charge in [0.1, 0.15) is 11.9 Å². The molecule has 0 heterocycles. The van der Waals surface area contributed by atoms with Crippen LogP contribution in [0.15, 0.2) is 11.8 Å². The van der Waals surface area contributed by atoms with E-state index in [0.29, 0.717) is 25.6 Å². The zero-order valence-corrected chi connectivity index (χ0v) is 9.91. The van der Waals surface area contributed by atoms with Crippen LogP contribution in [-0.4, -0.2) is 31.9 Å². The molecule has 0 aliphatic heterocycles. The SMILES string of the molecule is CCOC(=O)/C=C(\OCC)C(C)OCC. The van der Waals surface area contributed by atoms with Crippen molar-refractivity contribution in [3.05, 3.63) is 11.8 Å². The molecule has 0 aromatic rings. The molecule has 0 radical (unpaired) electrons. The molecule has 0 N–H and O–H groups in total. The Hall–Kier alpha value is -1.03. The van der Waals surface area contributed by atoms with Gasteiger partial charge in [-0.25, -0.2) is 4.79 Å². The summed E-state index contributed by atoms with van der Waals surface area (Å²) in [7, 11) is 0. The number of carbonyl (C=O) groups excluding carboxylic acids is 1. The van der Waals surface area contributed by atoms with Gasteiger partial charge in [-0.15, -0.1) is 0 Å². The maximum Gasteiger partial charge on any atom is 0.334 e. The van der Waals surface area contributed by atoms with Gasteiger partial charge in [0.2, 0.25) is 0 Å². The summed E-state index contributed by atoms with van der Waals surface area (Å²) in [6.45, 7) is 8.79. The Morgan fingerprint density at radius 3 is 2.20 bits per heavy atom. The van der Waals surface area contributed by atoms with Crippen LogP contribution in [0.2, 0.25) is 0 Å². The number of hydrogen-bond acceptors (Lipinski definition) is 4. The van der Waals surface area contributed by atoms with Crippen LogP contribution in [0.1, 0.15) is 27.7 Å². The molecule has 4 heteroatoms. The minimum absolute atomic E-state index is 0.223. The molecule has 0 saturated heterocycles. The van der Waals surface area contributed by atoms with Gasteiger partial charge in [-0.2, -0.15) is 0 Å². The maximum absolute atomic E-state index is 11.2. The lowest BCUT2D eigenvalue weighted by Gasteiger charge is -2.15. The summed E-state index contributed by atoms with van der Waals surface area (Å²) >= 11 is 0. The zero-order valence-electron chi connectivity index (χ0n) is 9.91. The number of ether oxygens (including phenoxy) is 3. The first-order chi connectivity index (χ1) is 7.15. The van der Waals surface area contributed by atoms with Crippen LogP contribution in [0.3, 0.4) is 0 Å². The van der Waals surface area contributed by atoms with E-state index in [1.165, 1.54) is 6.08 Å². The molecule has 0 aromatic carbocycles. The monoisotopic (exact) mass is 216 g/mol. The van der Waals surface area contributed by atoms with Crippen LogP contribution in [-0.2, 0) is 19.0 Å². The third-order valence-corrected chi connectivity index (χ3v) is 1.68. The van der Waals surface area contributed by atoms with Gasteiger partial charge in [-0.1, -0.05) is 0 Å². The average Bonchev–Trinajstić information content (AvgIpc) is 2.18. The van der Waals surface area contributed by atoms with Crippen molar-refractivity contribution < 1.29 is 19.0 Å². The van der Waals surface area contributed by atoms with E-state index in [9.17, 15) is 4.79 Å². The lowest BCUT2D eigenvalue weighted by atomic mass is 10.3. The summed E-state index contributed by atoms with van der Waals surface area (Å²) in [5.74, 6) is 0.116. The first kappa shape index (κ1) is 14.0. The van der Waals surface area contributed by atoms with Crippen LogP contribution in [0.25, 0.3) is 0 Å². The van der Waals surface area contributed by atoms with Crippen molar-refractivity contribution in [2.75, 3.05) is 19.8 Å². The van der Waals surface area contributed by atoms with Crippen molar-refractivity contribution in [1.82, 2.24) is 0 Å². The molecule has 1 unspecified atom stereocenters. The maximum atomic E-state index is 11.2. The molecule has 0 aromatic heterocycles. The quantitative estimate of drug-likeness (QED) is 0.370. The van der Waals surface area contributed by atoms with Gasteiger partial charge >= 0.3 is 5.97 Å². The molecule has 0 bridgehead atoms. The standard InChI is InChI=1S/C11H20O4/c1-5-13-9(4)10(14-6-2)8-11(12)15-7-3/h8-9H,5-7H2,1-4H3/b10-8-. The smallest absolute Gasteiger partial charge is 0.334 e. The Labute approximate surface area is 91.2 Å². The summed E-state index contributed by atoms with van der Waals surface area (Å²) in [6.07, 6.45) is 1.12. The molecule has 0 aliphatic rings. The second kappa shape index (κ2) is 8.29. The van der Waals surface area contributed by atoms with E-state index in [0.717, 1.165) is 0 Å². The van der Waals surface area contributed by atoms with Crippen molar-refractivity contribution in [3.8, 4) is 0 Å². The van der Waals surface area contributed by atoms with E-state index in [1.807, 2.05) is 20.8 Å². The fourth-order valence-electron chi connectivity index (χ4n) is 1.08. The van der Waals surface area contributed by atoms with Gasteiger partial charge in [0, 0.05) is 6.61 Å². The predicted octanol–water partition coefficient (Wildman–Crippen LogP) is 1.89. The van der Waals surface area contributed by atoms with Crippen LogP contribution >= 0.6 is 0 Å². The third kappa shape index (κ3) is 6.12. The van der Waals surface area contributed by atoms with Crippen molar-refractivity contribution in [2.45, 2.75) is 33.8 Å². The summed E-state index contributed by atoms with van der Waals surface area (Å²) in [5.41, 5.74) is 0. The van der Waals surface area contributed by atoms with E-state index >= 15 is 0 Å². The van der Waals surface area contributed by atoms with Crippen molar-refractivity contribution in [3.63, 3.8) is 0 Å². The van der Waals surface area contributed by atoms with Crippen molar-refractivity contribution in [1.29, 1.82) is 0 Å². The van der Waals surface area contributed by atoms with Crippen LogP contribution in [0, 0.1) is 0 Å². The average molecular weight is 216 g/mol. The van der Waals surface area contributed by atoms with E-state index in [4.69, 9.17) is 14.2 Å². The first-order valence-electron chi connectivity index (χ1n) is 5.28. The van der Waals surface area contributed by atoms with E-state index in [-0.39, 0.29) is 6.10 Å². The van der Waals surface area contributed by atoms with Crippen LogP contribution in [0.4, 0.5) is 0 Å². The molecular weight excluding hydrogens is 196 g/mol. The molecule has 1 atom stereocenters. The number of rotatable bonds is 7. The number of esters is 1. The summed E-state index contributed by atoms with van der Waals surface area (Å²) < 4.78 is 15.4. The highest BCUT2D eigenvalue weighted by atomic mass is 16.5. The number of hydrogen-bond donors (Lipinski definition) is 0. The lowest BCUT2D eigenvalue weighted by Crippen LogP contribution is -2.16. The Kier molecular flexibility index (Phi) is 7.72. The van der Waals surface area contributed by atoms with Gasteiger partial charge in [-0.05, 0) is 27.7 Å². The van der Waals surface area contributed by atoms with E-state index < -0.39 is 5.97 Å². The Bertz CT molecular complexity index is 211. The zero-order chi connectivity index (χ0) is 11.7. The molecule has 0 spiro atoms. The predicted molar refractivity (Wildman–Crippen MR) is 57.4 cm³/mol. The Morgan fingerprint density at radius 1 is 1.13 bits per heavy atom. The Morgan fingerprint density at radius 2 is 1.73 bits per heavy atom. The molecule has 0 rings (SSSR count). The molecule has 0 aliphatic carbocycles. The molecule has 4 nitrogen and oxygen atoms in total. The third-order valence-electron chi connectivity index (χ3n) is 1.68. The summed E-state index contributed by atoms with van der Waals surface area (Å²) in [4.78, 5) is 11.2. The van der Waals surface area contributed by atoms with Crippen LogP contribution < -0.4 is 0 Å². The van der Waals surface area contributed by atoms with E-state index in [1.54, 1.807) is 6.92 Å². The summed E-state index contributed by atoms with van der Waals surface area (Å²) in [6, 6.07) is 0. The molecule has 88 valence electrons. The molecular formula is C11H20O4. The second-order valence-electron chi connectivity index (χ2n) is 2.83. The fourth-order valence-corrected chi connectivity index (χ4v) is 1.08.